The first-order valence-electron chi connectivity index (χ1n) is 4.77. The number of benzene rings is 1. The molecule has 0 amide bonds. The Labute approximate surface area is 107 Å². The summed E-state index contributed by atoms with van der Waals surface area (Å²) in [4.78, 5) is 0.969. The molecule has 2 nitrogen and oxygen atoms in total. The number of aliphatic hydroxyl groups is 1. The van der Waals surface area contributed by atoms with Crippen molar-refractivity contribution in [3.63, 3.8) is 0 Å². The molecule has 0 fully saturated rings. The first-order valence-corrected chi connectivity index (χ1v) is 6.44. The van der Waals surface area contributed by atoms with Gasteiger partial charge < -0.3 is 9.84 Å². The van der Waals surface area contributed by atoms with Crippen molar-refractivity contribution < 1.29 is 9.84 Å². The first-order chi connectivity index (χ1) is 7.76. The lowest BCUT2D eigenvalue weighted by atomic mass is 10.1. The fourth-order valence-corrected chi connectivity index (χ4v) is 3.21. The molecule has 0 aliphatic carbocycles. The van der Waals surface area contributed by atoms with E-state index in [1.165, 1.54) is 0 Å². The molecule has 0 bridgehead atoms. The van der Waals surface area contributed by atoms with Crippen molar-refractivity contribution in [3.8, 4) is 16.9 Å². The predicted octanol–water partition coefficient (Wildman–Crippen LogP) is 3.68. The van der Waals surface area contributed by atoms with Gasteiger partial charge in [0.15, 0.2) is 0 Å². The number of thiophene rings is 1. The molecule has 16 heavy (non-hydrogen) atoms. The van der Waals surface area contributed by atoms with Crippen molar-refractivity contribution in [2.45, 2.75) is 6.61 Å². The van der Waals surface area contributed by atoms with Crippen LogP contribution in [-0.2, 0) is 6.61 Å². The highest BCUT2D eigenvalue weighted by Crippen LogP contribution is 2.37. The van der Waals surface area contributed by atoms with Crippen molar-refractivity contribution in [1.82, 2.24) is 0 Å². The molecule has 0 saturated heterocycles. The summed E-state index contributed by atoms with van der Waals surface area (Å²) >= 11 is 5.05. The zero-order valence-electron chi connectivity index (χ0n) is 8.74. The van der Waals surface area contributed by atoms with Crippen LogP contribution in [0.25, 0.3) is 11.1 Å². The molecule has 0 radical (unpaired) electrons. The molecule has 2 aromatic rings. The zero-order valence-corrected chi connectivity index (χ0v) is 11.1. The van der Waals surface area contributed by atoms with Gasteiger partial charge in [-0.1, -0.05) is 12.1 Å². The number of rotatable bonds is 3. The van der Waals surface area contributed by atoms with Gasteiger partial charge in [-0.25, -0.2) is 0 Å². The maximum absolute atomic E-state index is 9.26. The highest BCUT2D eigenvalue weighted by atomic mass is 79.9. The summed E-state index contributed by atoms with van der Waals surface area (Å²) in [5.74, 6) is 0.834. The Balaban J connectivity index is 2.45. The molecule has 0 atom stereocenters. The Hall–Kier alpha value is -0.840. The third-order valence-corrected chi connectivity index (χ3v) is 4.24. The Morgan fingerprint density at radius 2 is 2.00 bits per heavy atom. The van der Waals surface area contributed by atoms with Gasteiger partial charge in [0.05, 0.1) is 13.7 Å². The lowest BCUT2D eigenvalue weighted by Gasteiger charge is -2.05. The van der Waals surface area contributed by atoms with Gasteiger partial charge in [-0.15, -0.1) is 11.3 Å². The fourth-order valence-electron chi connectivity index (χ4n) is 1.55. The second-order valence-electron chi connectivity index (χ2n) is 3.27. The SMILES string of the molecule is COc1ccc(-c2c(Br)csc2CO)cc1. The quantitative estimate of drug-likeness (QED) is 0.937. The lowest BCUT2D eigenvalue weighted by Crippen LogP contribution is -1.85. The van der Waals surface area contributed by atoms with Crippen LogP contribution < -0.4 is 4.74 Å². The molecule has 0 saturated carbocycles. The molecule has 1 aromatic heterocycles. The van der Waals surface area contributed by atoms with Crippen LogP contribution in [0.3, 0.4) is 0 Å². The fraction of sp³-hybridized carbons (Fsp3) is 0.167. The van der Waals surface area contributed by atoms with Crippen molar-refractivity contribution in [2.24, 2.45) is 0 Å². The van der Waals surface area contributed by atoms with E-state index in [0.29, 0.717) is 0 Å². The number of hydrogen-bond donors (Lipinski definition) is 1. The van der Waals surface area contributed by atoms with Crippen LogP contribution in [0.4, 0.5) is 0 Å². The lowest BCUT2D eigenvalue weighted by molar-refractivity contribution is 0.286. The van der Waals surface area contributed by atoms with Crippen LogP contribution in [0.1, 0.15) is 4.88 Å². The minimum atomic E-state index is 0.0671. The van der Waals surface area contributed by atoms with Gasteiger partial charge in [0, 0.05) is 20.3 Å². The summed E-state index contributed by atoms with van der Waals surface area (Å²) < 4.78 is 6.13. The van der Waals surface area contributed by atoms with Gasteiger partial charge >= 0.3 is 0 Å². The Morgan fingerprint density at radius 1 is 1.31 bits per heavy atom. The summed E-state index contributed by atoms with van der Waals surface area (Å²) in [6.07, 6.45) is 0. The molecule has 0 aliphatic rings. The second-order valence-corrected chi connectivity index (χ2v) is 5.09. The van der Waals surface area contributed by atoms with E-state index in [-0.39, 0.29) is 6.61 Å². The average molecular weight is 299 g/mol. The summed E-state index contributed by atoms with van der Waals surface area (Å²) in [5.41, 5.74) is 2.15. The Bertz CT molecular complexity index is 476. The number of aliphatic hydroxyl groups excluding tert-OH is 1. The van der Waals surface area contributed by atoms with E-state index in [0.717, 1.165) is 26.2 Å². The Kier molecular flexibility index (Phi) is 3.63. The monoisotopic (exact) mass is 298 g/mol. The minimum absolute atomic E-state index is 0.0671. The van der Waals surface area contributed by atoms with E-state index in [9.17, 15) is 5.11 Å². The topological polar surface area (TPSA) is 29.5 Å². The number of hydrogen-bond acceptors (Lipinski definition) is 3. The molecule has 1 heterocycles. The molecular weight excluding hydrogens is 288 g/mol. The van der Waals surface area contributed by atoms with Crippen LogP contribution in [0.15, 0.2) is 34.1 Å². The van der Waals surface area contributed by atoms with Gasteiger partial charge in [0.2, 0.25) is 0 Å². The molecule has 1 N–H and O–H groups in total. The largest absolute Gasteiger partial charge is 0.497 e. The molecular formula is C12H11BrO2S. The number of halogens is 1. The van der Waals surface area contributed by atoms with Gasteiger partial charge in [0.25, 0.3) is 0 Å². The van der Waals surface area contributed by atoms with Gasteiger partial charge in [0.1, 0.15) is 5.75 Å². The van der Waals surface area contributed by atoms with E-state index in [1.54, 1.807) is 18.4 Å². The molecule has 0 aliphatic heterocycles. The van der Waals surface area contributed by atoms with Crippen LogP contribution in [0, 0.1) is 0 Å². The predicted molar refractivity (Wildman–Crippen MR) is 69.9 cm³/mol. The van der Waals surface area contributed by atoms with Crippen molar-refractivity contribution in [2.75, 3.05) is 7.11 Å². The summed E-state index contributed by atoms with van der Waals surface area (Å²) in [6.45, 7) is 0.0671. The Morgan fingerprint density at radius 3 is 2.56 bits per heavy atom. The second kappa shape index (κ2) is 4.99. The summed E-state index contributed by atoms with van der Waals surface area (Å²) in [5, 5.41) is 11.2. The standard InChI is InChI=1S/C12H11BrO2S/c1-15-9-4-2-8(3-5-9)12-10(13)7-16-11(12)6-14/h2-5,7,14H,6H2,1H3. The number of methoxy groups -OCH3 is 1. The van der Waals surface area contributed by atoms with Crippen LogP contribution in [0.2, 0.25) is 0 Å². The van der Waals surface area contributed by atoms with E-state index >= 15 is 0 Å². The third-order valence-electron chi connectivity index (χ3n) is 2.34. The van der Waals surface area contributed by atoms with Crippen LogP contribution in [0.5, 0.6) is 5.75 Å². The molecule has 1 aromatic carbocycles. The maximum atomic E-state index is 9.26. The van der Waals surface area contributed by atoms with E-state index in [2.05, 4.69) is 15.9 Å². The third kappa shape index (κ3) is 2.14. The highest BCUT2D eigenvalue weighted by Gasteiger charge is 2.11. The normalized spacial score (nSPS) is 10.4. The van der Waals surface area contributed by atoms with Crippen molar-refractivity contribution in [1.29, 1.82) is 0 Å². The van der Waals surface area contributed by atoms with E-state index < -0.39 is 0 Å². The molecule has 4 heteroatoms. The highest BCUT2D eigenvalue weighted by molar-refractivity contribution is 9.10. The van der Waals surface area contributed by atoms with E-state index in [1.807, 2.05) is 29.6 Å². The van der Waals surface area contributed by atoms with E-state index in [4.69, 9.17) is 4.74 Å². The zero-order chi connectivity index (χ0) is 11.5. The summed E-state index contributed by atoms with van der Waals surface area (Å²) in [6, 6.07) is 7.82. The maximum Gasteiger partial charge on any atom is 0.118 e. The van der Waals surface area contributed by atoms with Crippen molar-refractivity contribution in [3.05, 3.63) is 39.0 Å². The minimum Gasteiger partial charge on any atom is -0.497 e. The van der Waals surface area contributed by atoms with Gasteiger partial charge in [-0.3, -0.25) is 0 Å². The van der Waals surface area contributed by atoms with Crippen molar-refractivity contribution >= 4 is 27.3 Å². The summed E-state index contributed by atoms with van der Waals surface area (Å²) in [7, 11) is 1.65. The van der Waals surface area contributed by atoms with Gasteiger partial charge in [-0.05, 0) is 33.6 Å². The van der Waals surface area contributed by atoms with Crippen LogP contribution >= 0.6 is 27.3 Å². The molecule has 0 spiro atoms. The number of ether oxygens (including phenoxy) is 1. The molecule has 0 unspecified atom stereocenters. The average Bonchev–Trinajstić information content (AvgIpc) is 2.70. The molecule has 84 valence electrons. The molecule has 2 rings (SSSR count). The first kappa shape index (κ1) is 11.6. The van der Waals surface area contributed by atoms with Crippen LogP contribution in [-0.4, -0.2) is 12.2 Å². The van der Waals surface area contributed by atoms with Gasteiger partial charge in [-0.2, -0.15) is 0 Å². The smallest absolute Gasteiger partial charge is 0.118 e.